The minimum absolute atomic E-state index is 0.00655. The van der Waals surface area contributed by atoms with Crippen LogP contribution in [-0.4, -0.2) is 28.3 Å². The Morgan fingerprint density at radius 3 is 2.81 bits per heavy atom. The first kappa shape index (κ1) is 15.2. The van der Waals surface area contributed by atoms with Crippen LogP contribution in [-0.2, 0) is 11.3 Å². The van der Waals surface area contributed by atoms with Crippen LogP contribution in [0.4, 0.5) is 5.69 Å². The molecule has 1 N–H and O–H groups in total. The molecule has 1 atom stereocenters. The number of hydrogen-bond donors (Lipinski definition) is 1. The summed E-state index contributed by atoms with van der Waals surface area (Å²) >= 11 is 0. The minimum atomic E-state index is -0.0408. The quantitative estimate of drug-likeness (QED) is 0.877. The molecule has 2 aromatic rings. The van der Waals surface area contributed by atoms with Gasteiger partial charge in [-0.2, -0.15) is 0 Å². The smallest absolute Gasteiger partial charge is 0.250 e. The molecule has 2 heterocycles. The Kier molecular flexibility index (Phi) is 5.05. The van der Waals surface area contributed by atoms with Crippen LogP contribution in [0.25, 0.3) is 0 Å². The summed E-state index contributed by atoms with van der Waals surface area (Å²) in [6.07, 6.45) is 5.15. The highest BCUT2D eigenvalue weighted by molar-refractivity contribution is 5.42. The molecule has 0 aliphatic carbocycles. The number of anilines is 1. The highest BCUT2D eigenvalue weighted by Gasteiger charge is 2.10. The molecule has 0 fully saturated rings. The molecule has 0 aliphatic rings. The van der Waals surface area contributed by atoms with Crippen molar-refractivity contribution in [3.63, 3.8) is 0 Å². The third-order valence-electron chi connectivity index (χ3n) is 3.23. The first-order chi connectivity index (χ1) is 10.1. The fraction of sp³-hybridized carbons (Fsp3) is 0.400. The van der Waals surface area contributed by atoms with E-state index >= 15 is 0 Å². The molecule has 21 heavy (non-hydrogen) atoms. The van der Waals surface area contributed by atoms with Gasteiger partial charge < -0.3 is 14.6 Å². The number of hydrogen-bond acceptors (Lipinski definition) is 5. The first-order valence-electron chi connectivity index (χ1n) is 6.85. The van der Waals surface area contributed by atoms with Gasteiger partial charge in [-0.1, -0.05) is 0 Å². The molecule has 0 saturated heterocycles. The molecule has 0 spiro atoms. The summed E-state index contributed by atoms with van der Waals surface area (Å²) in [7, 11) is 1.62. The van der Waals surface area contributed by atoms with Gasteiger partial charge in [0, 0.05) is 38.3 Å². The van der Waals surface area contributed by atoms with Gasteiger partial charge in [0.2, 0.25) is 0 Å². The number of aryl methyl sites for hydroxylation is 1. The maximum atomic E-state index is 11.7. The van der Waals surface area contributed by atoms with E-state index in [9.17, 15) is 4.79 Å². The summed E-state index contributed by atoms with van der Waals surface area (Å²) in [5, 5.41) is 3.34. The SMILES string of the molecule is COCCn1cc(NC(C)c2nccnc2C)ccc1=O. The summed E-state index contributed by atoms with van der Waals surface area (Å²) in [6, 6.07) is 3.33. The zero-order valence-corrected chi connectivity index (χ0v) is 12.5. The fourth-order valence-corrected chi connectivity index (χ4v) is 2.14. The van der Waals surface area contributed by atoms with Crippen LogP contribution in [0.1, 0.15) is 24.4 Å². The van der Waals surface area contributed by atoms with E-state index in [4.69, 9.17) is 4.74 Å². The van der Waals surface area contributed by atoms with Crippen molar-refractivity contribution in [3.05, 3.63) is 52.5 Å². The lowest BCUT2D eigenvalue weighted by atomic mass is 10.2. The van der Waals surface area contributed by atoms with E-state index in [2.05, 4.69) is 15.3 Å². The number of methoxy groups -OCH3 is 1. The van der Waals surface area contributed by atoms with Gasteiger partial charge in [0.1, 0.15) is 0 Å². The second kappa shape index (κ2) is 6.99. The van der Waals surface area contributed by atoms with Crippen LogP contribution in [0.15, 0.2) is 35.5 Å². The molecule has 112 valence electrons. The predicted octanol–water partition coefficient (Wildman–Crippen LogP) is 1.77. The van der Waals surface area contributed by atoms with Gasteiger partial charge in [-0.15, -0.1) is 0 Å². The Bertz CT molecular complexity index is 654. The van der Waals surface area contributed by atoms with Crippen molar-refractivity contribution in [1.29, 1.82) is 0 Å². The van der Waals surface area contributed by atoms with Crippen LogP contribution in [0.2, 0.25) is 0 Å². The third kappa shape index (κ3) is 3.88. The van der Waals surface area contributed by atoms with Gasteiger partial charge in [-0.3, -0.25) is 14.8 Å². The maximum Gasteiger partial charge on any atom is 0.250 e. The van der Waals surface area contributed by atoms with Crippen LogP contribution in [0, 0.1) is 6.92 Å². The topological polar surface area (TPSA) is 69.0 Å². The lowest BCUT2D eigenvalue weighted by molar-refractivity contribution is 0.186. The fourth-order valence-electron chi connectivity index (χ4n) is 2.14. The number of aromatic nitrogens is 3. The van der Waals surface area contributed by atoms with Crippen LogP contribution < -0.4 is 10.9 Å². The first-order valence-corrected chi connectivity index (χ1v) is 6.85. The number of nitrogens with one attached hydrogen (secondary N) is 1. The second-order valence-electron chi connectivity index (χ2n) is 4.84. The monoisotopic (exact) mass is 288 g/mol. The molecule has 1 unspecified atom stereocenters. The number of nitrogens with zero attached hydrogens (tertiary/aromatic N) is 3. The average Bonchev–Trinajstić information content (AvgIpc) is 2.48. The van der Waals surface area contributed by atoms with Crippen molar-refractivity contribution < 1.29 is 4.74 Å². The maximum absolute atomic E-state index is 11.7. The van der Waals surface area contributed by atoms with E-state index in [1.807, 2.05) is 13.8 Å². The van der Waals surface area contributed by atoms with E-state index in [0.717, 1.165) is 17.1 Å². The predicted molar refractivity (Wildman–Crippen MR) is 81.4 cm³/mol. The Morgan fingerprint density at radius 1 is 1.33 bits per heavy atom. The van der Waals surface area contributed by atoms with Gasteiger partial charge in [-0.05, 0) is 19.9 Å². The standard InChI is InChI=1S/C15H20N4O2/c1-11-15(17-7-6-16-11)12(2)18-13-4-5-14(20)19(10-13)8-9-21-3/h4-7,10,12,18H,8-9H2,1-3H3. The van der Waals surface area contributed by atoms with Crippen molar-refractivity contribution in [2.45, 2.75) is 26.4 Å². The highest BCUT2D eigenvalue weighted by Crippen LogP contribution is 2.18. The van der Waals surface area contributed by atoms with Crippen molar-refractivity contribution in [2.24, 2.45) is 0 Å². The molecule has 0 radical (unpaired) electrons. The molecule has 0 aliphatic heterocycles. The van der Waals surface area contributed by atoms with E-state index in [0.29, 0.717) is 13.2 Å². The molecule has 2 rings (SSSR count). The summed E-state index contributed by atoms with van der Waals surface area (Å²) in [4.78, 5) is 20.3. The Balaban J connectivity index is 2.16. The van der Waals surface area contributed by atoms with Crippen molar-refractivity contribution in [3.8, 4) is 0 Å². The van der Waals surface area contributed by atoms with Crippen molar-refractivity contribution in [1.82, 2.24) is 14.5 Å². The van der Waals surface area contributed by atoms with Crippen LogP contribution in [0.5, 0.6) is 0 Å². The average molecular weight is 288 g/mol. The van der Waals surface area contributed by atoms with Crippen LogP contribution >= 0.6 is 0 Å². The molecule has 2 aromatic heterocycles. The molecule has 6 heteroatoms. The lowest BCUT2D eigenvalue weighted by Crippen LogP contribution is -2.22. The molecule has 0 bridgehead atoms. The zero-order chi connectivity index (χ0) is 15.2. The largest absolute Gasteiger partial charge is 0.383 e. The van der Waals surface area contributed by atoms with Gasteiger partial charge in [0.15, 0.2) is 0 Å². The molecule has 0 aromatic carbocycles. The van der Waals surface area contributed by atoms with Crippen molar-refractivity contribution in [2.75, 3.05) is 19.0 Å². The number of ether oxygens (including phenoxy) is 1. The van der Waals surface area contributed by atoms with E-state index in [-0.39, 0.29) is 11.6 Å². The second-order valence-corrected chi connectivity index (χ2v) is 4.84. The lowest BCUT2D eigenvalue weighted by Gasteiger charge is -2.17. The van der Waals surface area contributed by atoms with Gasteiger partial charge in [-0.25, -0.2) is 0 Å². The summed E-state index contributed by atoms with van der Waals surface area (Å²) in [6.45, 7) is 4.98. The summed E-state index contributed by atoms with van der Waals surface area (Å²) in [5.41, 5.74) is 2.61. The van der Waals surface area contributed by atoms with Gasteiger partial charge >= 0.3 is 0 Å². The number of pyridine rings is 1. The molecule has 6 nitrogen and oxygen atoms in total. The van der Waals surface area contributed by atoms with Crippen LogP contribution in [0.3, 0.4) is 0 Å². The Morgan fingerprint density at radius 2 is 2.10 bits per heavy atom. The van der Waals surface area contributed by atoms with Gasteiger partial charge in [0.25, 0.3) is 5.56 Å². The van der Waals surface area contributed by atoms with E-state index < -0.39 is 0 Å². The third-order valence-corrected chi connectivity index (χ3v) is 3.23. The molecule has 0 amide bonds. The zero-order valence-electron chi connectivity index (χ0n) is 12.5. The van der Waals surface area contributed by atoms with E-state index in [1.54, 1.807) is 42.4 Å². The summed E-state index contributed by atoms with van der Waals surface area (Å²) < 4.78 is 6.64. The molecular weight excluding hydrogens is 268 g/mol. The van der Waals surface area contributed by atoms with Gasteiger partial charge in [0.05, 0.1) is 29.7 Å². The molecular formula is C15H20N4O2. The Labute approximate surface area is 123 Å². The normalized spacial score (nSPS) is 12.1. The number of rotatable bonds is 6. The highest BCUT2D eigenvalue weighted by atomic mass is 16.5. The van der Waals surface area contributed by atoms with E-state index in [1.165, 1.54) is 0 Å². The molecule has 0 saturated carbocycles. The summed E-state index contributed by atoms with van der Waals surface area (Å²) in [5.74, 6) is 0. The minimum Gasteiger partial charge on any atom is -0.383 e. The Hall–Kier alpha value is -2.21. The van der Waals surface area contributed by atoms with Crippen molar-refractivity contribution >= 4 is 5.69 Å².